The number of nitrogens with zero attached hydrogens (tertiary/aromatic N) is 3. The van der Waals surface area contributed by atoms with Gasteiger partial charge in [-0.2, -0.15) is 0 Å². The van der Waals surface area contributed by atoms with Crippen molar-refractivity contribution in [1.29, 1.82) is 0 Å². The van der Waals surface area contributed by atoms with Gasteiger partial charge in [-0.1, -0.05) is 0 Å². The number of nitrogen functional groups attached to an aromatic ring is 1. The topological polar surface area (TPSA) is 139 Å². The Morgan fingerprint density at radius 3 is 2.80 bits per heavy atom. The lowest BCUT2D eigenvalue weighted by atomic mass is 10.1. The van der Waals surface area contributed by atoms with Crippen LogP contribution in [0.2, 0.25) is 0 Å². The molecule has 0 aliphatic carbocycles. The average molecular weight is 350 g/mol. The van der Waals surface area contributed by atoms with Crippen LogP contribution in [-0.4, -0.2) is 56.5 Å². The molecule has 0 saturated carbocycles. The van der Waals surface area contributed by atoms with Crippen LogP contribution in [0.4, 0.5) is 5.82 Å². The number of aromatic nitrogens is 3. The Morgan fingerprint density at radius 2 is 2.12 bits per heavy atom. The number of aliphatic hydroxyl groups is 1. The Hall–Kier alpha value is -2.72. The fourth-order valence-corrected chi connectivity index (χ4v) is 2.82. The molecule has 1 saturated heterocycles. The van der Waals surface area contributed by atoms with Crippen LogP contribution in [0.3, 0.4) is 0 Å². The summed E-state index contributed by atoms with van der Waals surface area (Å²) in [5.74, 6) is -0.788. The van der Waals surface area contributed by atoms with E-state index in [9.17, 15) is 14.7 Å². The van der Waals surface area contributed by atoms with Crippen molar-refractivity contribution in [2.45, 2.75) is 38.4 Å². The van der Waals surface area contributed by atoms with Crippen LogP contribution in [-0.2, 0) is 23.8 Å². The maximum atomic E-state index is 11.3. The molecular formula is C15H18N4O6. The number of nitrogens with two attached hydrogens (primary N) is 1. The summed E-state index contributed by atoms with van der Waals surface area (Å²) < 4.78 is 17.5. The van der Waals surface area contributed by atoms with Gasteiger partial charge in [-0.3, -0.25) is 9.59 Å². The van der Waals surface area contributed by atoms with Crippen molar-refractivity contribution in [3.05, 3.63) is 18.6 Å². The predicted octanol–water partition coefficient (Wildman–Crippen LogP) is -0.233. The predicted molar refractivity (Wildman–Crippen MR) is 84.0 cm³/mol. The summed E-state index contributed by atoms with van der Waals surface area (Å²) >= 11 is 0. The van der Waals surface area contributed by atoms with Crippen molar-refractivity contribution in [2.75, 3.05) is 12.3 Å². The van der Waals surface area contributed by atoms with Crippen molar-refractivity contribution in [3.8, 4) is 0 Å². The van der Waals surface area contributed by atoms with Gasteiger partial charge in [0.1, 0.15) is 36.6 Å². The van der Waals surface area contributed by atoms with E-state index in [0.717, 1.165) is 0 Å². The second kappa shape index (κ2) is 6.65. The molecule has 2 aromatic heterocycles. The van der Waals surface area contributed by atoms with Crippen molar-refractivity contribution in [3.63, 3.8) is 0 Å². The average Bonchev–Trinajstić information content (AvgIpc) is 3.09. The molecule has 2 aromatic rings. The van der Waals surface area contributed by atoms with Gasteiger partial charge in [-0.05, 0) is 6.07 Å². The van der Waals surface area contributed by atoms with E-state index in [4.69, 9.17) is 19.9 Å². The number of hydrogen-bond acceptors (Lipinski definition) is 9. The number of anilines is 1. The number of carbonyl (C=O) groups is 2. The van der Waals surface area contributed by atoms with Crippen LogP contribution < -0.4 is 5.73 Å². The molecule has 0 bridgehead atoms. The Kier molecular flexibility index (Phi) is 4.55. The third kappa shape index (κ3) is 3.26. The van der Waals surface area contributed by atoms with E-state index in [-0.39, 0.29) is 6.61 Å². The van der Waals surface area contributed by atoms with Gasteiger partial charge in [-0.25, -0.2) is 9.97 Å². The minimum atomic E-state index is -1.18. The standard InChI is InChI=1S/C15H18N4O6/c1-7(20)23-5-10-12(24-8(2)21)11(22)15(25-10)19-4-3-9-13(16)17-6-18-14(9)19/h3-4,6,10-12,15,22H,5H2,1-2H3,(H2,16,17,18)/t10-,11-,12-,15+/m0/s1. The highest BCUT2D eigenvalue weighted by molar-refractivity contribution is 5.86. The van der Waals surface area contributed by atoms with E-state index in [1.165, 1.54) is 20.2 Å². The van der Waals surface area contributed by atoms with Crippen LogP contribution in [0.5, 0.6) is 0 Å². The highest BCUT2D eigenvalue weighted by Gasteiger charge is 2.47. The molecule has 1 aliphatic heterocycles. The van der Waals surface area contributed by atoms with Gasteiger partial charge < -0.3 is 29.6 Å². The molecule has 134 valence electrons. The van der Waals surface area contributed by atoms with E-state index >= 15 is 0 Å². The number of fused-ring (bicyclic) bond motifs is 1. The molecule has 0 amide bonds. The number of aliphatic hydroxyl groups excluding tert-OH is 1. The number of ether oxygens (including phenoxy) is 3. The summed E-state index contributed by atoms with van der Waals surface area (Å²) in [5.41, 5.74) is 6.27. The molecule has 0 spiro atoms. The zero-order valence-corrected chi connectivity index (χ0v) is 13.7. The third-order valence-electron chi connectivity index (χ3n) is 3.88. The molecular weight excluding hydrogens is 332 g/mol. The first kappa shape index (κ1) is 17.1. The quantitative estimate of drug-likeness (QED) is 0.715. The van der Waals surface area contributed by atoms with Crippen LogP contribution in [0.1, 0.15) is 20.1 Å². The summed E-state index contributed by atoms with van der Waals surface area (Å²) in [7, 11) is 0. The normalized spacial score (nSPS) is 25.9. The lowest BCUT2D eigenvalue weighted by Crippen LogP contribution is -2.38. The van der Waals surface area contributed by atoms with E-state index in [0.29, 0.717) is 16.9 Å². The molecule has 0 aromatic carbocycles. The highest BCUT2D eigenvalue weighted by Crippen LogP contribution is 2.34. The zero-order valence-electron chi connectivity index (χ0n) is 13.7. The van der Waals surface area contributed by atoms with Crippen LogP contribution >= 0.6 is 0 Å². The number of rotatable bonds is 4. The monoisotopic (exact) mass is 350 g/mol. The second-order valence-electron chi connectivity index (χ2n) is 5.65. The summed E-state index contributed by atoms with van der Waals surface area (Å²) in [4.78, 5) is 30.4. The first-order chi connectivity index (χ1) is 11.9. The number of esters is 2. The van der Waals surface area contributed by atoms with E-state index < -0.39 is 36.5 Å². The highest BCUT2D eigenvalue weighted by atomic mass is 16.6. The molecule has 25 heavy (non-hydrogen) atoms. The summed E-state index contributed by atoms with van der Waals surface area (Å²) in [6, 6.07) is 1.70. The number of carbonyl (C=O) groups excluding carboxylic acids is 2. The molecule has 4 atom stereocenters. The van der Waals surface area contributed by atoms with Crippen LogP contribution in [0.15, 0.2) is 18.6 Å². The van der Waals surface area contributed by atoms with Gasteiger partial charge in [0.2, 0.25) is 0 Å². The van der Waals surface area contributed by atoms with E-state index in [1.54, 1.807) is 16.8 Å². The molecule has 0 unspecified atom stereocenters. The largest absolute Gasteiger partial charge is 0.463 e. The smallest absolute Gasteiger partial charge is 0.303 e. The first-order valence-corrected chi connectivity index (χ1v) is 7.59. The fourth-order valence-electron chi connectivity index (χ4n) is 2.82. The Morgan fingerprint density at radius 1 is 1.36 bits per heavy atom. The molecule has 1 aliphatic rings. The lowest BCUT2D eigenvalue weighted by Gasteiger charge is -2.19. The van der Waals surface area contributed by atoms with Crippen molar-refractivity contribution in [1.82, 2.24) is 14.5 Å². The molecule has 3 heterocycles. The van der Waals surface area contributed by atoms with Crippen molar-refractivity contribution in [2.24, 2.45) is 0 Å². The maximum Gasteiger partial charge on any atom is 0.303 e. The molecule has 3 rings (SSSR count). The Balaban J connectivity index is 1.91. The third-order valence-corrected chi connectivity index (χ3v) is 3.88. The minimum absolute atomic E-state index is 0.156. The molecule has 3 N–H and O–H groups in total. The SMILES string of the molecule is CC(=O)OC[C@@H]1O[C@@H](n2ccc3c(N)ncnc32)[C@@H](O)[C@H]1OC(C)=O. The van der Waals surface area contributed by atoms with E-state index in [1.807, 2.05) is 0 Å². The second-order valence-corrected chi connectivity index (χ2v) is 5.65. The molecule has 10 heteroatoms. The zero-order chi connectivity index (χ0) is 18.1. The summed E-state index contributed by atoms with van der Waals surface area (Å²) in [5, 5.41) is 11.2. The van der Waals surface area contributed by atoms with Crippen molar-refractivity contribution < 1.29 is 28.9 Å². The Labute approximate surface area is 142 Å². The first-order valence-electron chi connectivity index (χ1n) is 7.59. The van der Waals surface area contributed by atoms with Gasteiger partial charge in [0.25, 0.3) is 0 Å². The van der Waals surface area contributed by atoms with Crippen LogP contribution in [0, 0.1) is 0 Å². The van der Waals surface area contributed by atoms with Crippen molar-refractivity contribution >= 4 is 28.8 Å². The summed E-state index contributed by atoms with van der Waals surface area (Å²) in [6.07, 6.45) is -0.936. The fraction of sp³-hybridized carbons (Fsp3) is 0.467. The molecule has 0 radical (unpaired) electrons. The lowest BCUT2D eigenvalue weighted by molar-refractivity contribution is -0.157. The summed E-state index contributed by atoms with van der Waals surface area (Å²) in [6.45, 7) is 2.32. The number of hydrogen-bond donors (Lipinski definition) is 2. The maximum absolute atomic E-state index is 11.3. The van der Waals surface area contributed by atoms with Gasteiger partial charge in [0.15, 0.2) is 12.3 Å². The molecule has 10 nitrogen and oxygen atoms in total. The van der Waals surface area contributed by atoms with Gasteiger partial charge in [-0.15, -0.1) is 0 Å². The minimum Gasteiger partial charge on any atom is -0.463 e. The van der Waals surface area contributed by atoms with Gasteiger partial charge in [0, 0.05) is 20.0 Å². The van der Waals surface area contributed by atoms with E-state index in [2.05, 4.69) is 9.97 Å². The van der Waals surface area contributed by atoms with Gasteiger partial charge in [0.05, 0.1) is 5.39 Å². The Bertz CT molecular complexity index is 806. The van der Waals surface area contributed by atoms with Gasteiger partial charge >= 0.3 is 11.9 Å². The molecule has 1 fully saturated rings. The van der Waals surface area contributed by atoms with Crippen LogP contribution in [0.25, 0.3) is 11.0 Å².